The van der Waals surface area contributed by atoms with Crippen molar-refractivity contribution in [3.63, 3.8) is 0 Å². The monoisotopic (exact) mass is 525 g/mol. The number of carbonyl (C=O) groups is 4. The summed E-state index contributed by atoms with van der Waals surface area (Å²) in [5, 5.41) is -0.603. The van der Waals surface area contributed by atoms with Gasteiger partial charge in [-0.25, -0.2) is 4.90 Å². The van der Waals surface area contributed by atoms with Gasteiger partial charge in [0.15, 0.2) is 0 Å². The third-order valence-electron chi connectivity index (χ3n) is 7.16. The SMILES string of the molecule is O=C1C2C(c3ccccc3)OC3(C(=O)c4ccccc4C3=O)C2C(=O)N1c1ccc(Cl)c(C(F)(F)F)c1. The van der Waals surface area contributed by atoms with Crippen LogP contribution in [-0.4, -0.2) is 29.0 Å². The first-order chi connectivity index (χ1) is 17.6. The Bertz CT molecular complexity index is 1480. The number of alkyl halides is 3. The van der Waals surface area contributed by atoms with Crippen LogP contribution in [-0.2, 0) is 20.5 Å². The van der Waals surface area contributed by atoms with E-state index < -0.39 is 63.7 Å². The van der Waals surface area contributed by atoms with Crippen molar-refractivity contribution in [2.45, 2.75) is 17.9 Å². The second kappa shape index (κ2) is 7.84. The molecule has 3 aromatic carbocycles. The summed E-state index contributed by atoms with van der Waals surface area (Å²) in [7, 11) is 0. The summed E-state index contributed by atoms with van der Waals surface area (Å²) in [6, 6.07) is 17.0. The maximum Gasteiger partial charge on any atom is 0.417 e. The summed E-state index contributed by atoms with van der Waals surface area (Å²) in [5.41, 5.74) is -3.33. The minimum Gasteiger partial charge on any atom is -0.349 e. The number of amides is 2. The summed E-state index contributed by atoms with van der Waals surface area (Å²) < 4.78 is 46.7. The van der Waals surface area contributed by atoms with Gasteiger partial charge in [-0.3, -0.25) is 19.2 Å². The van der Waals surface area contributed by atoms with Crippen LogP contribution < -0.4 is 4.90 Å². The number of carbonyl (C=O) groups excluding carboxylic acids is 4. The first-order valence-corrected chi connectivity index (χ1v) is 11.6. The van der Waals surface area contributed by atoms with Crippen molar-refractivity contribution in [2.75, 3.05) is 4.90 Å². The smallest absolute Gasteiger partial charge is 0.349 e. The molecule has 186 valence electrons. The number of ketones is 2. The molecular formula is C27H15ClF3NO5. The normalized spacial score (nSPS) is 24.2. The lowest BCUT2D eigenvalue weighted by Gasteiger charge is -2.27. The van der Waals surface area contributed by atoms with E-state index in [9.17, 15) is 32.3 Å². The van der Waals surface area contributed by atoms with Crippen molar-refractivity contribution in [3.05, 3.63) is 100 Å². The topological polar surface area (TPSA) is 80.8 Å². The highest BCUT2D eigenvalue weighted by molar-refractivity contribution is 6.37. The number of nitrogens with zero attached hydrogens (tertiary/aromatic N) is 1. The van der Waals surface area contributed by atoms with E-state index in [0.29, 0.717) is 16.5 Å². The fourth-order valence-electron chi connectivity index (χ4n) is 5.58. The zero-order chi connectivity index (χ0) is 26.3. The third-order valence-corrected chi connectivity index (χ3v) is 7.49. The van der Waals surface area contributed by atoms with Gasteiger partial charge in [0, 0.05) is 11.1 Å². The number of Topliss-reactive ketones (excluding diaryl/α,β-unsaturated/α-hetero) is 2. The number of anilines is 1. The fraction of sp³-hybridized carbons (Fsp3) is 0.185. The van der Waals surface area contributed by atoms with E-state index in [1.54, 1.807) is 42.5 Å². The van der Waals surface area contributed by atoms with Crippen LogP contribution >= 0.6 is 11.6 Å². The van der Waals surface area contributed by atoms with Gasteiger partial charge in [-0.1, -0.05) is 66.2 Å². The van der Waals surface area contributed by atoms with Crippen LogP contribution in [0.15, 0.2) is 72.8 Å². The molecule has 1 spiro atoms. The van der Waals surface area contributed by atoms with Gasteiger partial charge in [0.05, 0.1) is 34.2 Å². The molecule has 2 fully saturated rings. The molecule has 2 heterocycles. The number of halogens is 4. The van der Waals surface area contributed by atoms with E-state index in [0.717, 1.165) is 12.1 Å². The second-order valence-corrected chi connectivity index (χ2v) is 9.47. The van der Waals surface area contributed by atoms with Crippen LogP contribution in [0.2, 0.25) is 5.02 Å². The molecule has 3 atom stereocenters. The largest absolute Gasteiger partial charge is 0.417 e. The summed E-state index contributed by atoms with van der Waals surface area (Å²) in [6.45, 7) is 0. The van der Waals surface area contributed by atoms with Gasteiger partial charge in [0.25, 0.3) is 0 Å². The van der Waals surface area contributed by atoms with Crippen LogP contribution in [0.25, 0.3) is 0 Å². The van der Waals surface area contributed by atoms with E-state index in [-0.39, 0.29) is 16.8 Å². The first-order valence-electron chi connectivity index (χ1n) is 11.2. The second-order valence-electron chi connectivity index (χ2n) is 9.07. The summed E-state index contributed by atoms with van der Waals surface area (Å²) in [6.07, 6.45) is -6.01. The van der Waals surface area contributed by atoms with Crippen molar-refractivity contribution in [2.24, 2.45) is 11.8 Å². The van der Waals surface area contributed by atoms with E-state index in [4.69, 9.17) is 16.3 Å². The van der Waals surface area contributed by atoms with Gasteiger partial charge in [-0.2, -0.15) is 13.2 Å². The highest BCUT2D eigenvalue weighted by atomic mass is 35.5. The maximum absolute atomic E-state index is 13.8. The van der Waals surface area contributed by atoms with E-state index in [2.05, 4.69) is 0 Å². The Morgan fingerprint density at radius 3 is 2.00 bits per heavy atom. The van der Waals surface area contributed by atoms with Crippen molar-refractivity contribution in [3.8, 4) is 0 Å². The summed E-state index contributed by atoms with van der Waals surface area (Å²) >= 11 is 5.73. The predicted octanol–water partition coefficient (Wildman–Crippen LogP) is 5.05. The Labute approximate surface area is 212 Å². The molecule has 10 heteroatoms. The van der Waals surface area contributed by atoms with Gasteiger partial charge < -0.3 is 4.74 Å². The molecule has 1 aliphatic carbocycles. The zero-order valence-electron chi connectivity index (χ0n) is 18.7. The lowest BCUT2D eigenvalue weighted by atomic mass is 9.77. The molecule has 2 aliphatic heterocycles. The molecule has 3 aliphatic rings. The third kappa shape index (κ3) is 3.10. The zero-order valence-corrected chi connectivity index (χ0v) is 19.4. The minimum atomic E-state index is -4.84. The quantitative estimate of drug-likeness (QED) is 0.345. The number of imide groups is 1. The molecule has 0 aromatic heterocycles. The lowest BCUT2D eigenvalue weighted by Crippen LogP contribution is -2.51. The van der Waals surface area contributed by atoms with Crippen molar-refractivity contribution in [1.29, 1.82) is 0 Å². The summed E-state index contributed by atoms with van der Waals surface area (Å²) in [4.78, 5) is 55.5. The molecule has 6 nitrogen and oxygen atoms in total. The Hall–Kier alpha value is -3.82. The maximum atomic E-state index is 13.8. The van der Waals surface area contributed by atoms with Crippen LogP contribution in [0.4, 0.5) is 18.9 Å². The average molecular weight is 526 g/mol. The number of fused-ring (bicyclic) bond motifs is 3. The van der Waals surface area contributed by atoms with Gasteiger partial charge in [-0.05, 0) is 23.8 Å². The number of hydrogen-bond acceptors (Lipinski definition) is 5. The van der Waals surface area contributed by atoms with Crippen molar-refractivity contribution in [1.82, 2.24) is 0 Å². The van der Waals surface area contributed by atoms with Crippen LogP contribution in [0.5, 0.6) is 0 Å². The highest BCUT2D eigenvalue weighted by Gasteiger charge is 2.74. The van der Waals surface area contributed by atoms with Crippen molar-refractivity contribution >= 4 is 40.7 Å². The van der Waals surface area contributed by atoms with Gasteiger partial charge >= 0.3 is 6.18 Å². The Morgan fingerprint density at radius 2 is 1.41 bits per heavy atom. The molecular weight excluding hydrogens is 511 g/mol. The standard InChI is InChI=1S/C27H15ClF3NO5/c28-18-11-10-14(12-17(18)27(29,30)31)32-24(35)19-20(25(32)36)26(37-21(19)13-6-2-1-3-7-13)22(33)15-8-4-5-9-16(15)23(26)34/h1-12,19-21H. The van der Waals surface area contributed by atoms with E-state index in [1.807, 2.05) is 0 Å². The molecule has 6 rings (SSSR count). The van der Waals surface area contributed by atoms with Gasteiger partial charge in [0.2, 0.25) is 29.0 Å². The number of hydrogen-bond donors (Lipinski definition) is 0. The van der Waals surface area contributed by atoms with Gasteiger partial charge in [0.1, 0.15) is 0 Å². The molecule has 37 heavy (non-hydrogen) atoms. The Kier molecular flexibility index (Phi) is 4.99. The first kappa shape index (κ1) is 23.6. The summed E-state index contributed by atoms with van der Waals surface area (Å²) in [5.74, 6) is -6.25. The van der Waals surface area contributed by atoms with E-state index >= 15 is 0 Å². The molecule has 3 aromatic rings. The lowest BCUT2D eigenvalue weighted by molar-refractivity contribution is -0.137. The van der Waals surface area contributed by atoms with E-state index in [1.165, 1.54) is 12.1 Å². The molecule has 0 N–H and O–H groups in total. The van der Waals surface area contributed by atoms with Crippen LogP contribution in [0.1, 0.15) is 37.9 Å². The van der Waals surface area contributed by atoms with Crippen LogP contribution in [0.3, 0.4) is 0 Å². The molecule has 2 amide bonds. The predicted molar refractivity (Wildman–Crippen MR) is 124 cm³/mol. The Balaban J connectivity index is 1.53. The minimum absolute atomic E-state index is 0.0597. The Morgan fingerprint density at radius 1 is 0.811 bits per heavy atom. The number of rotatable bonds is 2. The average Bonchev–Trinajstić information content (AvgIpc) is 3.44. The van der Waals surface area contributed by atoms with Crippen LogP contribution in [0, 0.1) is 11.8 Å². The number of ether oxygens (including phenoxy) is 1. The molecule has 3 unspecified atom stereocenters. The fourth-order valence-corrected chi connectivity index (χ4v) is 5.81. The molecule has 0 radical (unpaired) electrons. The molecule has 0 saturated carbocycles. The van der Waals surface area contributed by atoms with Crippen molar-refractivity contribution < 1.29 is 37.1 Å². The number of benzene rings is 3. The highest BCUT2D eigenvalue weighted by Crippen LogP contribution is 2.57. The molecule has 2 saturated heterocycles. The molecule has 0 bridgehead atoms. The van der Waals surface area contributed by atoms with Gasteiger partial charge in [-0.15, -0.1) is 0 Å².